The SMILES string of the molecule is Cc1ccc(Cc2cnc3c(O)c4c(c(-c5ccncc5)c3c2)CN(C)C4=O)cc1. The molecule has 1 amide bonds. The molecule has 0 bridgehead atoms. The summed E-state index contributed by atoms with van der Waals surface area (Å²) in [5, 5.41) is 11.8. The lowest BCUT2D eigenvalue weighted by Gasteiger charge is -2.15. The molecule has 0 unspecified atom stereocenters. The second kappa shape index (κ2) is 6.95. The van der Waals surface area contributed by atoms with Crippen molar-refractivity contribution in [2.24, 2.45) is 0 Å². The van der Waals surface area contributed by atoms with E-state index in [9.17, 15) is 9.90 Å². The van der Waals surface area contributed by atoms with Gasteiger partial charge in [0.15, 0.2) is 5.75 Å². The highest BCUT2D eigenvalue weighted by Gasteiger charge is 2.33. The first-order chi connectivity index (χ1) is 14.5. The van der Waals surface area contributed by atoms with Crippen LogP contribution in [0, 0.1) is 6.92 Å². The van der Waals surface area contributed by atoms with E-state index >= 15 is 0 Å². The van der Waals surface area contributed by atoms with Crippen molar-refractivity contribution in [3.8, 4) is 16.9 Å². The molecule has 4 aromatic rings. The second-order valence-corrected chi connectivity index (χ2v) is 7.88. The van der Waals surface area contributed by atoms with Gasteiger partial charge in [0.2, 0.25) is 0 Å². The fourth-order valence-electron chi connectivity index (χ4n) is 4.21. The van der Waals surface area contributed by atoms with Crippen molar-refractivity contribution < 1.29 is 9.90 Å². The minimum absolute atomic E-state index is 0.0333. The zero-order valence-electron chi connectivity index (χ0n) is 16.9. The lowest BCUT2D eigenvalue weighted by atomic mass is 9.91. The first-order valence-corrected chi connectivity index (χ1v) is 9.91. The van der Waals surface area contributed by atoms with Crippen LogP contribution in [0.4, 0.5) is 0 Å². The minimum atomic E-state index is -0.176. The Balaban J connectivity index is 1.75. The van der Waals surface area contributed by atoms with Crippen LogP contribution in [-0.4, -0.2) is 32.9 Å². The third-order valence-corrected chi connectivity index (χ3v) is 5.73. The van der Waals surface area contributed by atoms with Crippen molar-refractivity contribution in [3.63, 3.8) is 0 Å². The summed E-state index contributed by atoms with van der Waals surface area (Å²) in [6.45, 7) is 2.53. The standard InChI is InChI=1S/C25H21N3O2/c1-15-3-5-16(6-4-15)11-17-12-19-21(18-7-9-26-10-8-18)20-14-28(2)25(30)22(20)24(29)23(19)27-13-17/h3-10,12-13,29H,11,14H2,1-2H3. The summed E-state index contributed by atoms with van der Waals surface area (Å²) in [5.74, 6) is -0.209. The molecule has 1 N–H and O–H groups in total. The molecule has 0 radical (unpaired) electrons. The van der Waals surface area contributed by atoms with E-state index in [0.29, 0.717) is 17.6 Å². The molecule has 5 nitrogen and oxygen atoms in total. The zero-order valence-corrected chi connectivity index (χ0v) is 16.9. The smallest absolute Gasteiger partial charge is 0.258 e. The third-order valence-electron chi connectivity index (χ3n) is 5.73. The number of hydrogen-bond donors (Lipinski definition) is 1. The highest BCUT2D eigenvalue weighted by atomic mass is 16.3. The first kappa shape index (κ1) is 18.3. The maximum Gasteiger partial charge on any atom is 0.258 e. The van der Waals surface area contributed by atoms with Gasteiger partial charge in [-0.15, -0.1) is 0 Å². The molecule has 0 saturated carbocycles. The predicted molar refractivity (Wildman–Crippen MR) is 116 cm³/mol. The van der Waals surface area contributed by atoms with Crippen LogP contribution < -0.4 is 0 Å². The average molecular weight is 395 g/mol. The normalized spacial score (nSPS) is 13.1. The van der Waals surface area contributed by atoms with E-state index in [1.807, 2.05) is 12.1 Å². The number of carbonyl (C=O) groups excluding carboxylic acids is 1. The molecule has 0 atom stereocenters. The molecule has 3 heterocycles. The van der Waals surface area contributed by atoms with Gasteiger partial charge in [0.1, 0.15) is 5.52 Å². The molecule has 1 aliphatic rings. The van der Waals surface area contributed by atoms with E-state index in [0.717, 1.165) is 34.1 Å². The summed E-state index contributed by atoms with van der Waals surface area (Å²) in [7, 11) is 1.75. The largest absolute Gasteiger partial charge is 0.505 e. The predicted octanol–water partition coefficient (Wildman–Crippen LogP) is 4.49. The highest BCUT2D eigenvalue weighted by Crippen LogP contribution is 2.43. The Morgan fingerprint density at radius 2 is 1.77 bits per heavy atom. The number of aromatic hydroxyl groups is 1. The topological polar surface area (TPSA) is 66.3 Å². The Bertz CT molecular complexity index is 1280. The first-order valence-electron chi connectivity index (χ1n) is 9.91. The number of rotatable bonds is 3. The number of carbonyl (C=O) groups is 1. The van der Waals surface area contributed by atoms with Crippen molar-refractivity contribution in [1.29, 1.82) is 0 Å². The number of pyridine rings is 2. The van der Waals surface area contributed by atoms with E-state index in [1.54, 1.807) is 30.5 Å². The Morgan fingerprint density at radius 3 is 2.50 bits per heavy atom. The molecule has 0 aliphatic carbocycles. The highest BCUT2D eigenvalue weighted by molar-refractivity contribution is 6.12. The molecule has 2 aromatic heterocycles. The van der Waals surface area contributed by atoms with Gasteiger partial charge in [-0.3, -0.25) is 14.8 Å². The molecule has 0 saturated heterocycles. The Kier molecular flexibility index (Phi) is 4.24. The summed E-state index contributed by atoms with van der Waals surface area (Å²) < 4.78 is 0. The van der Waals surface area contributed by atoms with Gasteiger partial charge in [0.05, 0.1) is 5.56 Å². The van der Waals surface area contributed by atoms with E-state index in [-0.39, 0.29) is 11.7 Å². The van der Waals surface area contributed by atoms with E-state index in [1.165, 1.54) is 11.1 Å². The maximum atomic E-state index is 12.7. The van der Waals surface area contributed by atoms with Crippen LogP contribution in [0.3, 0.4) is 0 Å². The van der Waals surface area contributed by atoms with Crippen LogP contribution >= 0.6 is 0 Å². The van der Waals surface area contributed by atoms with Crippen LogP contribution in [0.25, 0.3) is 22.0 Å². The lowest BCUT2D eigenvalue weighted by Crippen LogP contribution is -2.17. The van der Waals surface area contributed by atoms with Gasteiger partial charge in [-0.05, 0) is 59.4 Å². The maximum absolute atomic E-state index is 12.7. The molecule has 5 heteroatoms. The molecule has 2 aromatic carbocycles. The number of phenols is 1. The van der Waals surface area contributed by atoms with Crippen molar-refractivity contribution >= 4 is 16.8 Å². The summed E-state index contributed by atoms with van der Waals surface area (Å²) >= 11 is 0. The van der Waals surface area contributed by atoms with Gasteiger partial charge in [0, 0.05) is 37.6 Å². The van der Waals surface area contributed by atoms with E-state index < -0.39 is 0 Å². The van der Waals surface area contributed by atoms with Crippen LogP contribution in [0.5, 0.6) is 5.75 Å². The Labute approximate surface area is 174 Å². The number of aromatic nitrogens is 2. The molecular weight excluding hydrogens is 374 g/mol. The molecular formula is C25H21N3O2. The Morgan fingerprint density at radius 1 is 1.03 bits per heavy atom. The van der Waals surface area contributed by atoms with Gasteiger partial charge in [-0.1, -0.05) is 29.8 Å². The lowest BCUT2D eigenvalue weighted by molar-refractivity contribution is 0.0814. The molecule has 1 aliphatic heterocycles. The minimum Gasteiger partial charge on any atom is -0.505 e. The van der Waals surface area contributed by atoms with Gasteiger partial charge < -0.3 is 10.0 Å². The number of aryl methyl sites for hydroxylation is 1. The van der Waals surface area contributed by atoms with Crippen molar-refractivity contribution in [3.05, 3.63) is 88.9 Å². The fraction of sp³-hybridized carbons (Fsp3) is 0.160. The molecule has 30 heavy (non-hydrogen) atoms. The monoisotopic (exact) mass is 395 g/mol. The zero-order chi connectivity index (χ0) is 20.8. The fourth-order valence-corrected chi connectivity index (χ4v) is 4.21. The number of amides is 1. The van der Waals surface area contributed by atoms with E-state index in [4.69, 9.17) is 0 Å². The number of benzene rings is 2. The second-order valence-electron chi connectivity index (χ2n) is 7.88. The van der Waals surface area contributed by atoms with Crippen LogP contribution in [0.1, 0.15) is 32.6 Å². The van der Waals surface area contributed by atoms with Gasteiger partial charge >= 0.3 is 0 Å². The average Bonchev–Trinajstić information content (AvgIpc) is 3.05. The summed E-state index contributed by atoms with van der Waals surface area (Å²) in [5.41, 5.74) is 7.04. The number of hydrogen-bond acceptors (Lipinski definition) is 4. The van der Waals surface area contributed by atoms with E-state index in [2.05, 4.69) is 47.2 Å². The van der Waals surface area contributed by atoms with Crippen molar-refractivity contribution in [2.75, 3.05) is 7.05 Å². The van der Waals surface area contributed by atoms with Gasteiger partial charge in [-0.2, -0.15) is 0 Å². The molecule has 148 valence electrons. The molecule has 5 rings (SSSR count). The quantitative estimate of drug-likeness (QED) is 0.555. The number of fused-ring (bicyclic) bond motifs is 2. The molecule has 0 spiro atoms. The third kappa shape index (κ3) is 2.90. The van der Waals surface area contributed by atoms with Crippen molar-refractivity contribution in [2.45, 2.75) is 19.9 Å². The number of phenolic OH excluding ortho intramolecular Hbond substituents is 1. The van der Waals surface area contributed by atoms with Gasteiger partial charge in [0.25, 0.3) is 5.91 Å². The van der Waals surface area contributed by atoms with Gasteiger partial charge in [-0.25, -0.2) is 0 Å². The van der Waals surface area contributed by atoms with Crippen LogP contribution in [-0.2, 0) is 13.0 Å². The summed E-state index contributed by atoms with van der Waals surface area (Å²) in [6.07, 6.45) is 6.01. The van der Waals surface area contributed by atoms with Crippen LogP contribution in [0.2, 0.25) is 0 Å². The Hall–Kier alpha value is -3.73. The van der Waals surface area contributed by atoms with Crippen molar-refractivity contribution in [1.82, 2.24) is 14.9 Å². The number of nitrogens with zero attached hydrogens (tertiary/aromatic N) is 3. The summed E-state index contributed by atoms with van der Waals surface area (Å²) in [6, 6.07) is 14.4. The molecule has 0 fully saturated rings. The van der Waals surface area contributed by atoms with Crippen LogP contribution in [0.15, 0.2) is 61.1 Å². The summed E-state index contributed by atoms with van der Waals surface area (Å²) in [4.78, 5) is 23.0.